The van der Waals surface area contributed by atoms with E-state index in [1.54, 1.807) is 9.80 Å². The predicted octanol–water partition coefficient (Wildman–Crippen LogP) is 0.0383. The number of piperidine rings is 2. The maximum Gasteiger partial charge on any atom is 0.410 e. The number of hydroxylamine groups is 2. The molecule has 0 bridgehead atoms. The van der Waals surface area contributed by atoms with Crippen molar-refractivity contribution in [3.05, 3.63) is 47.5 Å². The number of hydrogen-bond acceptors (Lipinski definition) is 9. The molecule has 5 amide bonds. The Kier molecular flexibility index (Phi) is 12.0. The zero-order valence-corrected chi connectivity index (χ0v) is 29.8. The van der Waals surface area contributed by atoms with Crippen LogP contribution in [0.5, 0.6) is 5.75 Å². The number of amides is 5. The van der Waals surface area contributed by atoms with Gasteiger partial charge in [0.2, 0.25) is 0 Å². The fourth-order valence-corrected chi connectivity index (χ4v) is 7.80. The van der Waals surface area contributed by atoms with Crippen LogP contribution in [0, 0.1) is 0 Å². The smallest absolute Gasteiger partial charge is 0.410 e. The zero-order chi connectivity index (χ0) is 36.9. The Morgan fingerprint density at radius 1 is 0.904 bits per heavy atom. The quantitative estimate of drug-likeness (QED) is 0.196. The number of benzene rings is 2. The molecule has 4 aliphatic heterocycles. The summed E-state index contributed by atoms with van der Waals surface area (Å²) in [6.07, 6.45) is 1.97. The number of nitrogens with zero attached hydrogens (tertiary/aromatic N) is 6. The molecule has 16 heteroatoms. The Morgan fingerprint density at radius 2 is 1.54 bits per heavy atom. The van der Waals surface area contributed by atoms with Gasteiger partial charge in [0.1, 0.15) is 21.4 Å². The van der Waals surface area contributed by atoms with E-state index in [1.165, 1.54) is 19.2 Å². The van der Waals surface area contributed by atoms with Gasteiger partial charge in [0.05, 0.1) is 6.54 Å². The van der Waals surface area contributed by atoms with E-state index in [4.69, 9.17) is 20.4 Å². The molecule has 0 saturated carbocycles. The highest BCUT2D eigenvalue weighted by molar-refractivity contribution is 6.41. The first-order valence-electron chi connectivity index (χ1n) is 18.2. The number of aromatic hydroxyl groups is 1. The van der Waals surface area contributed by atoms with Crippen LogP contribution >= 0.6 is 0 Å². The summed E-state index contributed by atoms with van der Waals surface area (Å²) < 4.78 is 5.98. The number of nitrogens with one attached hydrogen (secondary N) is 1. The molecule has 0 aromatic heterocycles. The summed E-state index contributed by atoms with van der Waals surface area (Å²) in [5, 5.41) is 23.2. The summed E-state index contributed by atoms with van der Waals surface area (Å²) in [7, 11) is 13.3. The SMILES string of the molecule is [B]c1cc(C[C@@H](OC(=O)N2CCC(N3CCc4ccccc4NC3=O)CC2)C(=O)N2CCN(C3CCN(CC(=O)N(C)O)CC3)CC2)cc([B])c1O. The molecule has 0 aliphatic carbocycles. The molecule has 4 radical (unpaired) electrons. The van der Waals surface area contributed by atoms with Gasteiger partial charge in [-0.25, -0.2) is 14.7 Å². The summed E-state index contributed by atoms with van der Waals surface area (Å²) in [6.45, 7) is 5.28. The molecule has 14 nitrogen and oxygen atoms in total. The van der Waals surface area contributed by atoms with E-state index in [-0.39, 0.29) is 53.5 Å². The molecule has 274 valence electrons. The molecule has 52 heavy (non-hydrogen) atoms. The van der Waals surface area contributed by atoms with Gasteiger partial charge >= 0.3 is 12.1 Å². The van der Waals surface area contributed by atoms with Crippen LogP contribution in [-0.4, -0.2) is 170 Å². The molecule has 4 heterocycles. The summed E-state index contributed by atoms with van der Waals surface area (Å²) in [5.74, 6) is -0.880. The highest BCUT2D eigenvalue weighted by Crippen LogP contribution is 2.26. The number of urea groups is 1. The molecule has 3 fully saturated rings. The van der Waals surface area contributed by atoms with Crippen LogP contribution in [0.25, 0.3) is 0 Å². The molecule has 2 aromatic carbocycles. The van der Waals surface area contributed by atoms with E-state index in [2.05, 4.69) is 10.2 Å². The van der Waals surface area contributed by atoms with Crippen LogP contribution in [0.4, 0.5) is 15.3 Å². The fraction of sp³-hybridized carbons (Fsp3) is 0.556. The lowest BCUT2D eigenvalue weighted by molar-refractivity contribution is -0.160. The monoisotopic (exact) mass is 711 g/mol. The second kappa shape index (κ2) is 16.6. The number of rotatable bonds is 8. The number of para-hydroxylation sites is 1. The van der Waals surface area contributed by atoms with E-state index < -0.39 is 12.2 Å². The van der Waals surface area contributed by atoms with Gasteiger partial charge < -0.3 is 29.9 Å². The topological polar surface area (TPSA) is 149 Å². The van der Waals surface area contributed by atoms with Gasteiger partial charge in [-0.2, -0.15) is 0 Å². The largest absolute Gasteiger partial charge is 0.509 e. The van der Waals surface area contributed by atoms with Gasteiger partial charge in [-0.15, -0.1) is 0 Å². The Bertz CT molecular complexity index is 1600. The minimum atomic E-state index is -1.14. The normalized spacial score (nSPS) is 20.1. The highest BCUT2D eigenvalue weighted by atomic mass is 16.6. The average molecular weight is 711 g/mol. The van der Waals surface area contributed by atoms with Gasteiger partial charge in [-0.1, -0.05) is 41.3 Å². The van der Waals surface area contributed by atoms with Crippen molar-refractivity contribution in [3.63, 3.8) is 0 Å². The first-order valence-corrected chi connectivity index (χ1v) is 18.2. The number of piperazine rings is 1. The third-order valence-corrected chi connectivity index (χ3v) is 10.9. The molecule has 3 saturated heterocycles. The van der Waals surface area contributed by atoms with Gasteiger partial charge in [-0.3, -0.25) is 24.6 Å². The number of carbonyl (C=O) groups excluding carboxylic acids is 4. The van der Waals surface area contributed by atoms with Crippen molar-refractivity contribution in [1.82, 2.24) is 29.6 Å². The fourth-order valence-electron chi connectivity index (χ4n) is 7.80. The maximum atomic E-state index is 14.0. The first-order chi connectivity index (χ1) is 25.0. The van der Waals surface area contributed by atoms with Crippen LogP contribution in [-0.2, 0) is 27.2 Å². The number of carbonyl (C=O) groups is 4. The van der Waals surface area contributed by atoms with Crippen molar-refractivity contribution in [2.45, 2.75) is 56.7 Å². The number of phenols is 1. The number of anilines is 1. The summed E-state index contributed by atoms with van der Waals surface area (Å²) in [6, 6.07) is 11.0. The minimum Gasteiger partial charge on any atom is -0.509 e. The highest BCUT2D eigenvalue weighted by Gasteiger charge is 2.36. The van der Waals surface area contributed by atoms with Crippen molar-refractivity contribution >= 4 is 56.2 Å². The van der Waals surface area contributed by atoms with Gasteiger partial charge in [0, 0.05) is 90.1 Å². The van der Waals surface area contributed by atoms with Crippen molar-refractivity contribution in [2.75, 3.05) is 77.8 Å². The summed E-state index contributed by atoms with van der Waals surface area (Å²) in [4.78, 5) is 62.3. The second-order valence-electron chi connectivity index (χ2n) is 14.2. The van der Waals surface area contributed by atoms with E-state index >= 15 is 0 Å². The lowest BCUT2D eigenvalue weighted by Gasteiger charge is -2.43. The third-order valence-electron chi connectivity index (χ3n) is 10.9. The Morgan fingerprint density at radius 3 is 2.19 bits per heavy atom. The molecule has 3 N–H and O–H groups in total. The Hall–Kier alpha value is -4.27. The molecule has 0 spiro atoms. The molecule has 1 atom stereocenters. The van der Waals surface area contributed by atoms with E-state index in [0.29, 0.717) is 75.3 Å². The lowest BCUT2D eigenvalue weighted by Crippen LogP contribution is -2.57. The van der Waals surface area contributed by atoms with Crippen LogP contribution in [0.3, 0.4) is 0 Å². The lowest BCUT2D eigenvalue weighted by atomic mass is 9.83. The Balaban J connectivity index is 1.05. The number of hydrogen-bond donors (Lipinski definition) is 3. The van der Waals surface area contributed by atoms with E-state index in [0.717, 1.165) is 43.6 Å². The van der Waals surface area contributed by atoms with Gasteiger partial charge in [0.15, 0.2) is 6.10 Å². The maximum absolute atomic E-state index is 14.0. The number of likely N-dealkylation sites (N-methyl/N-ethyl adjacent to an activating group) is 1. The average Bonchev–Trinajstić information content (AvgIpc) is 3.31. The second-order valence-corrected chi connectivity index (χ2v) is 14.2. The van der Waals surface area contributed by atoms with Crippen LogP contribution in [0.15, 0.2) is 36.4 Å². The van der Waals surface area contributed by atoms with Crippen molar-refractivity contribution in [1.29, 1.82) is 0 Å². The van der Waals surface area contributed by atoms with Gasteiger partial charge in [0.25, 0.3) is 11.8 Å². The minimum absolute atomic E-state index is 0.0324. The number of phenolic OH excluding ortho intramolecular Hbond substituents is 1. The molecule has 2 aromatic rings. The van der Waals surface area contributed by atoms with Crippen LogP contribution in [0.2, 0.25) is 0 Å². The number of fused-ring (bicyclic) bond motifs is 1. The van der Waals surface area contributed by atoms with E-state index in [9.17, 15) is 29.5 Å². The standard InChI is InChI=1S/C36H47B2N7O7/c1-40(51)32(46)23-41-11-7-26(8-12-41)42-16-18-43(19-17-42)34(48)31(22-24-20-28(37)33(47)29(38)21-24)52-36(50)44-13-9-27(10-14-44)45-15-6-25-4-2-3-5-30(25)39-35(45)49/h2-5,20-21,26-27,31,47,51H,6-19,22-23H2,1H3,(H,39,49)/t31-/m1/s1. The van der Waals surface area contributed by atoms with Gasteiger partial charge in [-0.05, 0) is 49.3 Å². The van der Waals surface area contributed by atoms with Crippen molar-refractivity contribution in [2.24, 2.45) is 0 Å². The number of likely N-dealkylation sites (tertiary alicyclic amines) is 2. The van der Waals surface area contributed by atoms with Crippen LogP contribution < -0.4 is 16.2 Å². The molecule has 6 rings (SSSR count). The Labute approximate surface area is 307 Å². The predicted molar refractivity (Wildman–Crippen MR) is 195 cm³/mol. The third kappa shape index (κ3) is 8.84. The molecule has 0 unspecified atom stereocenters. The summed E-state index contributed by atoms with van der Waals surface area (Å²) in [5.41, 5.74) is 2.62. The number of ether oxygens (including phenoxy) is 1. The summed E-state index contributed by atoms with van der Waals surface area (Å²) >= 11 is 0. The van der Waals surface area contributed by atoms with E-state index in [1.807, 2.05) is 34.1 Å². The van der Waals surface area contributed by atoms with Crippen molar-refractivity contribution in [3.8, 4) is 5.75 Å². The molecule has 4 aliphatic rings. The molecular weight excluding hydrogens is 664 g/mol. The van der Waals surface area contributed by atoms with Crippen molar-refractivity contribution < 1.29 is 34.2 Å². The first kappa shape index (κ1) is 37.5. The molecular formula is C36H47B2N7O7. The van der Waals surface area contributed by atoms with Crippen LogP contribution in [0.1, 0.15) is 36.8 Å². The zero-order valence-electron chi connectivity index (χ0n) is 29.8.